The minimum absolute atomic E-state index is 0.480. The van der Waals surface area contributed by atoms with Gasteiger partial charge in [-0.25, -0.2) is 0 Å². The highest BCUT2D eigenvalue weighted by atomic mass is 35.5. The Morgan fingerprint density at radius 3 is 1.42 bits per heavy atom. The molecule has 0 fully saturated rings. The zero-order chi connectivity index (χ0) is 19.0. The van der Waals surface area contributed by atoms with Gasteiger partial charge in [0.25, 0.3) is 0 Å². The predicted octanol–water partition coefficient (Wildman–Crippen LogP) is 9.51. The second kappa shape index (κ2) is 15.9. The molecule has 0 N–H and O–H groups in total. The van der Waals surface area contributed by atoms with Gasteiger partial charge in [-0.05, 0) is 18.6 Å². The van der Waals surface area contributed by atoms with Crippen LogP contribution in [-0.4, -0.2) is 6.61 Å². The van der Waals surface area contributed by atoms with Crippen molar-refractivity contribution in [3.63, 3.8) is 0 Å². The quantitative estimate of drug-likeness (QED) is 0.241. The molecule has 0 atom stereocenters. The molecule has 1 aromatic carbocycles. The van der Waals surface area contributed by atoms with Gasteiger partial charge in [0.05, 0.1) is 16.7 Å². The molecule has 0 saturated carbocycles. The number of rotatable bonds is 16. The maximum absolute atomic E-state index is 6.11. The van der Waals surface area contributed by atoms with Crippen LogP contribution in [0.3, 0.4) is 0 Å². The van der Waals surface area contributed by atoms with Crippen LogP contribution in [0, 0.1) is 0 Å². The predicted molar refractivity (Wildman–Crippen MR) is 117 cm³/mol. The molecule has 0 aliphatic rings. The third-order valence-corrected chi connectivity index (χ3v) is 5.49. The fourth-order valence-electron chi connectivity index (χ4n) is 3.14. The monoisotopic (exact) mass is 420 g/mol. The lowest BCUT2D eigenvalue weighted by atomic mass is 10.0. The van der Waals surface area contributed by atoms with Gasteiger partial charge in [-0.15, -0.1) is 0 Å². The molecule has 26 heavy (non-hydrogen) atoms. The smallest absolute Gasteiger partial charge is 0.156 e. The summed E-state index contributed by atoms with van der Waals surface area (Å²) in [5.41, 5.74) is 0. The molecule has 1 nitrogen and oxygen atoms in total. The summed E-state index contributed by atoms with van der Waals surface area (Å²) in [5, 5.41) is 1.49. The van der Waals surface area contributed by atoms with Gasteiger partial charge < -0.3 is 4.74 Å². The zero-order valence-corrected chi connectivity index (χ0v) is 18.6. The molecular weight excluding hydrogens is 387 g/mol. The highest BCUT2D eigenvalue weighted by Crippen LogP contribution is 2.35. The molecule has 0 radical (unpaired) electrons. The van der Waals surface area contributed by atoms with Gasteiger partial charge in [0.15, 0.2) is 5.75 Å². The molecule has 0 unspecified atom stereocenters. The summed E-state index contributed by atoms with van der Waals surface area (Å²) in [6.07, 6.45) is 18.9. The normalized spacial score (nSPS) is 11.1. The molecule has 0 bridgehead atoms. The topological polar surface area (TPSA) is 9.23 Å². The first-order chi connectivity index (χ1) is 12.6. The minimum Gasteiger partial charge on any atom is -0.490 e. The number of halogens is 3. The van der Waals surface area contributed by atoms with Crippen molar-refractivity contribution in [1.29, 1.82) is 0 Å². The van der Waals surface area contributed by atoms with Crippen molar-refractivity contribution in [3.8, 4) is 5.75 Å². The standard InChI is InChI=1S/C22H35Cl3O/c1-2-3-4-5-6-7-8-9-10-11-12-13-14-15-16-26-22-20(24)17-19(23)18-21(22)25/h17-18H,2-16H2,1H3. The number of benzene rings is 1. The van der Waals surface area contributed by atoms with Crippen molar-refractivity contribution >= 4 is 34.8 Å². The summed E-state index contributed by atoms with van der Waals surface area (Å²) in [4.78, 5) is 0. The van der Waals surface area contributed by atoms with E-state index in [4.69, 9.17) is 39.5 Å². The summed E-state index contributed by atoms with van der Waals surface area (Å²) < 4.78 is 5.71. The van der Waals surface area contributed by atoms with Crippen molar-refractivity contribution in [1.82, 2.24) is 0 Å². The molecule has 0 saturated heterocycles. The maximum atomic E-state index is 6.11. The Labute approximate surface area is 175 Å². The molecular formula is C22H35Cl3O. The van der Waals surface area contributed by atoms with E-state index < -0.39 is 0 Å². The molecule has 1 aromatic rings. The van der Waals surface area contributed by atoms with Crippen LogP contribution in [0.5, 0.6) is 5.75 Å². The van der Waals surface area contributed by atoms with Crippen molar-refractivity contribution in [2.24, 2.45) is 0 Å². The number of unbranched alkanes of at least 4 members (excludes halogenated alkanes) is 13. The van der Waals surface area contributed by atoms with Crippen LogP contribution in [0.2, 0.25) is 15.1 Å². The van der Waals surface area contributed by atoms with Crippen LogP contribution < -0.4 is 4.74 Å². The zero-order valence-electron chi connectivity index (χ0n) is 16.3. The molecule has 150 valence electrons. The van der Waals surface area contributed by atoms with E-state index in [-0.39, 0.29) is 0 Å². The van der Waals surface area contributed by atoms with E-state index in [0.29, 0.717) is 27.4 Å². The van der Waals surface area contributed by atoms with Gasteiger partial charge in [0.2, 0.25) is 0 Å². The van der Waals surface area contributed by atoms with Gasteiger partial charge in [-0.3, -0.25) is 0 Å². The average molecular weight is 422 g/mol. The summed E-state index contributed by atoms with van der Waals surface area (Å²) in [6.45, 7) is 2.93. The molecule has 0 spiro atoms. The van der Waals surface area contributed by atoms with Gasteiger partial charge in [0.1, 0.15) is 0 Å². The fourth-order valence-corrected chi connectivity index (χ4v) is 4.06. The summed E-state index contributed by atoms with van der Waals surface area (Å²) in [5.74, 6) is 0.549. The van der Waals surface area contributed by atoms with E-state index in [1.165, 1.54) is 83.5 Å². The fraction of sp³-hybridized carbons (Fsp3) is 0.727. The minimum atomic E-state index is 0.480. The van der Waals surface area contributed by atoms with Gasteiger partial charge >= 0.3 is 0 Å². The van der Waals surface area contributed by atoms with Crippen molar-refractivity contribution < 1.29 is 4.74 Å². The van der Waals surface area contributed by atoms with E-state index in [1.807, 2.05) is 0 Å². The first-order valence-corrected chi connectivity index (χ1v) is 11.6. The first-order valence-electron chi connectivity index (χ1n) is 10.4. The molecule has 0 aliphatic carbocycles. The maximum Gasteiger partial charge on any atom is 0.156 e. The van der Waals surface area contributed by atoms with Crippen LogP contribution >= 0.6 is 34.8 Å². The van der Waals surface area contributed by atoms with Gasteiger partial charge in [0, 0.05) is 5.02 Å². The van der Waals surface area contributed by atoms with Crippen molar-refractivity contribution in [2.45, 2.75) is 96.8 Å². The lowest BCUT2D eigenvalue weighted by Crippen LogP contribution is -1.98. The Hall–Kier alpha value is -0.110. The number of hydrogen-bond acceptors (Lipinski definition) is 1. The largest absolute Gasteiger partial charge is 0.490 e. The second-order valence-corrected chi connectivity index (χ2v) is 8.39. The summed E-state index contributed by atoms with van der Waals surface area (Å²) in [6, 6.07) is 3.32. The van der Waals surface area contributed by atoms with Crippen LogP contribution in [0.4, 0.5) is 0 Å². The number of ether oxygens (including phenoxy) is 1. The SMILES string of the molecule is CCCCCCCCCCCCCCCCOc1c(Cl)cc(Cl)cc1Cl. The Bertz CT molecular complexity index is 453. The lowest BCUT2D eigenvalue weighted by molar-refractivity contribution is 0.304. The van der Waals surface area contributed by atoms with Crippen LogP contribution in [0.25, 0.3) is 0 Å². The Kier molecular flexibility index (Phi) is 14.6. The van der Waals surface area contributed by atoms with Gasteiger partial charge in [-0.1, -0.05) is 125 Å². The van der Waals surface area contributed by atoms with E-state index in [9.17, 15) is 0 Å². The Morgan fingerprint density at radius 1 is 0.615 bits per heavy atom. The molecule has 4 heteroatoms. The molecule has 0 heterocycles. The lowest BCUT2D eigenvalue weighted by Gasteiger charge is -2.10. The Balaban J connectivity index is 1.88. The highest BCUT2D eigenvalue weighted by molar-refractivity contribution is 6.40. The van der Waals surface area contributed by atoms with E-state index in [2.05, 4.69) is 6.92 Å². The van der Waals surface area contributed by atoms with Crippen LogP contribution in [0.1, 0.15) is 96.8 Å². The van der Waals surface area contributed by atoms with Crippen molar-refractivity contribution in [2.75, 3.05) is 6.61 Å². The molecule has 0 aromatic heterocycles. The summed E-state index contributed by atoms with van der Waals surface area (Å²) >= 11 is 18.1. The first kappa shape index (κ1) is 23.9. The van der Waals surface area contributed by atoms with Crippen LogP contribution in [0.15, 0.2) is 12.1 Å². The van der Waals surface area contributed by atoms with E-state index in [1.54, 1.807) is 12.1 Å². The van der Waals surface area contributed by atoms with E-state index in [0.717, 1.165) is 6.42 Å². The molecule has 1 rings (SSSR count). The third-order valence-electron chi connectivity index (χ3n) is 4.71. The molecule has 0 aliphatic heterocycles. The number of hydrogen-bond donors (Lipinski definition) is 0. The third kappa shape index (κ3) is 11.6. The van der Waals surface area contributed by atoms with Gasteiger partial charge in [-0.2, -0.15) is 0 Å². The molecule has 0 amide bonds. The highest BCUT2D eigenvalue weighted by Gasteiger charge is 2.08. The van der Waals surface area contributed by atoms with Crippen molar-refractivity contribution in [3.05, 3.63) is 27.2 Å². The van der Waals surface area contributed by atoms with Crippen LogP contribution in [-0.2, 0) is 0 Å². The Morgan fingerprint density at radius 2 is 1.00 bits per heavy atom. The second-order valence-electron chi connectivity index (χ2n) is 7.14. The van der Waals surface area contributed by atoms with E-state index >= 15 is 0 Å². The average Bonchev–Trinajstić information content (AvgIpc) is 2.60. The summed E-state index contributed by atoms with van der Waals surface area (Å²) in [7, 11) is 0.